The lowest BCUT2D eigenvalue weighted by molar-refractivity contribution is -0.119. The Hall–Kier alpha value is -2.30. The number of amides is 1. The van der Waals surface area contributed by atoms with E-state index in [4.69, 9.17) is 23.2 Å². The number of hydrogen-bond donors (Lipinski definition) is 2. The summed E-state index contributed by atoms with van der Waals surface area (Å²) < 4.78 is 0. The largest absolute Gasteiger partial charge is 0.340 e. The monoisotopic (exact) mass is 399 g/mol. The van der Waals surface area contributed by atoms with Crippen LogP contribution in [0.3, 0.4) is 0 Å². The van der Waals surface area contributed by atoms with Crippen molar-refractivity contribution in [1.82, 2.24) is 4.98 Å². The average Bonchev–Trinajstić information content (AvgIpc) is 3.20. The predicted molar refractivity (Wildman–Crippen MR) is 112 cm³/mol. The summed E-state index contributed by atoms with van der Waals surface area (Å²) in [6, 6.07) is 14.9. The molecule has 1 heterocycles. The van der Waals surface area contributed by atoms with E-state index in [1.54, 1.807) is 12.1 Å². The number of halogens is 2. The molecule has 1 fully saturated rings. The number of nitrogens with one attached hydrogen (secondary N) is 2. The molecule has 4 rings (SSSR count). The minimum atomic E-state index is 0.0874. The summed E-state index contributed by atoms with van der Waals surface area (Å²) in [5.41, 5.74) is 2.35. The SMILES string of the molecule is O=C(Nc1cc(Nc2ccc(Cl)c(Cl)c2)nc2ccccc12)C1CCCC1. The maximum Gasteiger partial charge on any atom is 0.227 e. The third-order valence-electron chi connectivity index (χ3n) is 4.89. The van der Waals surface area contributed by atoms with Gasteiger partial charge in [-0.25, -0.2) is 4.98 Å². The van der Waals surface area contributed by atoms with Gasteiger partial charge in [-0.15, -0.1) is 0 Å². The number of hydrogen-bond acceptors (Lipinski definition) is 3. The van der Waals surface area contributed by atoms with E-state index in [0.717, 1.165) is 48.0 Å². The van der Waals surface area contributed by atoms with Crippen molar-refractivity contribution < 1.29 is 4.79 Å². The van der Waals surface area contributed by atoms with Gasteiger partial charge in [0, 0.05) is 23.1 Å². The van der Waals surface area contributed by atoms with Gasteiger partial charge in [0.05, 0.1) is 21.2 Å². The predicted octanol–water partition coefficient (Wildman–Crippen LogP) is 6.41. The highest BCUT2D eigenvalue weighted by atomic mass is 35.5. The molecule has 27 heavy (non-hydrogen) atoms. The molecule has 1 amide bonds. The summed E-state index contributed by atoms with van der Waals surface area (Å²) in [5, 5.41) is 8.24. The Morgan fingerprint density at radius 3 is 2.56 bits per heavy atom. The average molecular weight is 400 g/mol. The Kier molecular flexibility index (Phi) is 5.19. The van der Waals surface area contributed by atoms with Gasteiger partial charge in [-0.2, -0.15) is 0 Å². The Labute approximate surface area is 167 Å². The van der Waals surface area contributed by atoms with E-state index in [-0.39, 0.29) is 11.8 Å². The highest BCUT2D eigenvalue weighted by Crippen LogP contribution is 2.31. The number of para-hydroxylation sites is 1. The molecule has 0 unspecified atom stereocenters. The minimum absolute atomic E-state index is 0.0874. The molecule has 2 N–H and O–H groups in total. The zero-order valence-corrected chi connectivity index (χ0v) is 16.1. The van der Waals surface area contributed by atoms with Gasteiger partial charge in [0.15, 0.2) is 0 Å². The highest BCUT2D eigenvalue weighted by molar-refractivity contribution is 6.42. The number of fused-ring (bicyclic) bond motifs is 1. The molecule has 0 aliphatic heterocycles. The lowest BCUT2D eigenvalue weighted by Crippen LogP contribution is -2.20. The molecule has 1 aliphatic rings. The molecule has 3 aromatic rings. The summed E-state index contributed by atoms with van der Waals surface area (Å²) in [5.74, 6) is 0.821. The van der Waals surface area contributed by atoms with Gasteiger partial charge in [0.2, 0.25) is 5.91 Å². The van der Waals surface area contributed by atoms with Crippen LogP contribution in [0.1, 0.15) is 25.7 Å². The van der Waals surface area contributed by atoms with Gasteiger partial charge in [0.1, 0.15) is 5.82 Å². The lowest BCUT2D eigenvalue weighted by atomic mass is 10.1. The Balaban J connectivity index is 1.67. The molecule has 0 spiro atoms. The fraction of sp³-hybridized carbons (Fsp3) is 0.238. The molecule has 0 atom stereocenters. The van der Waals surface area contributed by atoms with Crippen LogP contribution in [0, 0.1) is 5.92 Å². The topological polar surface area (TPSA) is 54.0 Å². The van der Waals surface area contributed by atoms with Crippen LogP contribution in [-0.4, -0.2) is 10.9 Å². The summed E-state index contributed by atoms with van der Waals surface area (Å²) in [6.07, 6.45) is 4.17. The first-order chi connectivity index (χ1) is 13.1. The second-order valence-corrected chi connectivity index (χ2v) is 7.61. The third kappa shape index (κ3) is 4.02. The molecular formula is C21H19Cl2N3O. The van der Waals surface area contributed by atoms with Crippen molar-refractivity contribution in [3.63, 3.8) is 0 Å². The fourth-order valence-corrected chi connectivity index (χ4v) is 3.79. The van der Waals surface area contributed by atoms with Crippen molar-refractivity contribution in [3.8, 4) is 0 Å². The second kappa shape index (κ2) is 7.75. The summed E-state index contributed by atoms with van der Waals surface area (Å²) in [6.45, 7) is 0. The normalized spacial score (nSPS) is 14.4. The van der Waals surface area contributed by atoms with E-state index in [2.05, 4.69) is 15.6 Å². The molecule has 0 saturated heterocycles. The van der Waals surface area contributed by atoms with Crippen LogP contribution in [0.4, 0.5) is 17.2 Å². The zero-order valence-electron chi connectivity index (χ0n) is 14.6. The van der Waals surface area contributed by atoms with Crippen molar-refractivity contribution in [1.29, 1.82) is 0 Å². The van der Waals surface area contributed by atoms with E-state index in [9.17, 15) is 4.79 Å². The number of pyridine rings is 1. The molecule has 1 aromatic heterocycles. The first kappa shape index (κ1) is 18.1. The van der Waals surface area contributed by atoms with Gasteiger partial charge in [-0.05, 0) is 37.1 Å². The summed E-state index contributed by atoms with van der Waals surface area (Å²) in [4.78, 5) is 17.3. The van der Waals surface area contributed by atoms with Crippen LogP contribution in [-0.2, 0) is 4.79 Å². The number of rotatable bonds is 4. The van der Waals surface area contributed by atoms with Gasteiger partial charge >= 0.3 is 0 Å². The maximum atomic E-state index is 12.6. The fourth-order valence-electron chi connectivity index (χ4n) is 3.49. The Morgan fingerprint density at radius 1 is 1.00 bits per heavy atom. The van der Waals surface area contributed by atoms with Crippen molar-refractivity contribution in [3.05, 3.63) is 58.6 Å². The number of carbonyl (C=O) groups is 1. The van der Waals surface area contributed by atoms with Crippen LogP contribution in [0.25, 0.3) is 10.9 Å². The van der Waals surface area contributed by atoms with Crippen LogP contribution in [0.15, 0.2) is 48.5 Å². The molecule has 6 heteroatoms. The lowest BCUT2D eigenvalue weighted by Gasteiger charge is -2.15. The quantitative estimate of drug-likeness (QED) is 0.532. The van der Waals surface area contributed by atoms with Gasteiger partial charge < -0.3 is 10.6 Å². The van der Waals surface area contributed by atoms with E-state index >= 15 is 0 Å². The van der Waals surface area contributed by atoms with Gasteiger partial charge in [-0.1, -0.05) is 54.2 Å². The Morgan fingerprint density at radius 2 is 1.78 bits per heavy atom. The van der Waals surface area contributed by atoms with Crippen molar-refractivity contribution in [2.24, 2.45) is 5.92 Å². The van der Waals surface area contributed by atoms with Crippen LogP contribution in [0.5, 0.6) is 0 Å². The summed E-state index contributed by atoms with van der Waals surface area (Å²) in [7, 11) is 0. The molecular weight excluding hydrogens is 381 g/mol. The van der Waals surface area contributed by atoms with E-state index in [1.165, 1.54) is 0 Å². The standard InChI is InChI=1S/C21H19Cl2N3O/c22-16-10-9-14(11-17(16)23)24-20-12-19(15-7-3-4-8-18(15)25-20)26-21(27)13-5-1-2-6-13/h3-4,7-13H,1-2,5-6H2,(H2,24,25,26,27). The first-order valence-corrected chi connectivity index (χ1v) is 9.78. The molecule has 1 aliphatic carbocycles. The number of anilines is 3. The molecule has 0 bridgehead atoms. The van der Waals surface area contributed by atoms with Gasteiger partial charge in [0.25, 0.3) is 0 Å². The van der Waals surface area contributed by atoms with Crippen molar-refractivity contribution in [2.75, 3.05) is 10.6 Å². The number of benzene rings is 2. The van der Waals surface area contributed by atoms with Crippen LogP contribution >= 0.6 is 23.2 Å². The number of carbonyl (C=O) groups excluding carboxylic acids is 1. The van der Waals surface area contributed by atoms with Crippen molar-refractivity contribution in [2.45, 2.75) is 25.7 Å². The van der Waals surface area contributed by atoms with Crippen LogP contribution in [0.2, 0.25) is 10.0 Å². The van der Waals surface area contributed by atoms with Crippen LogP contribution < -0.4 is 10.6 Å². The van der Waals surface area contributed by atoms with E-state index in [0.29, 0.717) is 15.9 Å². The smallest absolute Gasteiger partial charge is 0.227 e. The molecule has 138 valence electrons. The van der Waals surface area contributed by atoms with E-state index in [1.807, 2.05) is 36.4 Å². The molecule has 0 radical (unpaired) electrons. The first-order valence-electron chi connectivity index (χ1n) is 9.03. The summed E-state index contributed by atoms with van der Waals surface area (Å²) >= 11 is 12.1. The van der Waals surface area contributed by atoms with Gasteiger partial charge in [-0.3, -0.25) is 4.79 Å². The number of nitrogens with zero attached hydrogens (tertiary/aromatic N) is 1. The maximum absolute atomic E-state index is 12.6. The highest BCUT2D eigenvalue weighted by Gasteiger charge is 2.23. The van der Waals surface area contributed by atoms with E-state index < -0.39 is 0 Å². The third-order valence-corrected chi connectivity index (χ3v) is 5.63. The number of aromatic nitrogens is 1. The van der Waals surface area contributed by atoms with Crippen molar-refractivity contribution >= 4 is 57.2 Å². The molecule has 2 aromatic carbocycles. The minimum Gasteiger partial charge on any atom is -0.340 e. The molecule has 1 saturated carbocycles. The Bertz CT molecular complexity index is 1000. The zero-order chi connectivity index (χ0) is 18.8. The second-order valence-electron chi connectivity index (χ2n) is 6.80. The molecule has 4 nitrogen and oxygen atoms in total.